The van der Waals surface area contributed by atoms with Crippen molar-refractivity contribution in [2.75, 3.05) is 5.73 Å². The Balaban J connectivity index is 1.90. The minimum Gasteiger partial charge on any atom is -0.449 e. The van der Waals surface area contributed by atoms with E-state index >= 15 is 0 Å². The van der Waals surface area contributed by atoms with E-state index < -0.39 is 18.0 Å². The second kappa shape index (κ2) is 6.91. The third kappa shape index (κ3) is 4.06. The number of esters is 1. The first-order valence-corrected chi connectivity index (χ1v) is 6.83. The van der Waals surface area contributed by atoms with Gasteiger partial charge in [0.1, 0.15) is 11.4 Å². The summed E-state index contributed by atoms with van der Waals surface area (Å²) in [5, 5.41) is 6.13. The number of benzene rings is 1. The second-order valence-corrected chi connectivity index (χ2v) is 4.90. The highest BCUT2D eigenvalue weighted by Crippen LogP contribution is 2.17. The van der Waals surface area contributed by atoms with Gasteiger partial charge >= 0.3 is 5.97 Å². The number of carbonyl (C=O) groups is 2. The molecule has 0 bridgehead atoms. The summed E-state index contributed by atoms with van der Waals surface area (Å²) in [6.45, 7) is 3.15. The Labute approximate surface area is 131 Å². The minimum absolute atomic E-state index is 0.00295. The molecule has 122 valence electrons. The highest BCUT2D eigenvalue weighted by molar-refractivity contribution is 5.96. The summed E-state index contributed by atoms with van der Waals surface area (Å²) in [5.41, 5.74) is 6.49. The quantitative estimate of drug-likeness (QED) is 0.809. The van der Waals surface area contributed by atoms with Crippen LogP contribution in [0.2, 0.25) is 0 Å². The van der Waals surface area contributed by atoms with Crippen molar-refractivity contribution in [1.29, 1.82) is 0 Å². The van der Waals surface area contributed by atoms with Gasteiger partial charge in [-0.05, 0) is 31.5 Å². The highest BCUT2D eigenvalue weighted by atomic mass is 19.1. The van der Waals surface area contributed by atoms with Gasteiger partial charge in [-0.2, -0.15) is 0 Å². The zero-order valence-corrected chi connectivity index (χ0v) is 12.6. The molecule has 23 heavy (non-hydrogen) atoms. The molecule has 0 fully saturated rings. The smallest absolute Gasteiger partial charge is 0.346 e. The lowest BCUT2D eigenvalue weighted by atomic mass is 10.2. The summed E-state index contributed by atoms with van der Waals surface area (Å²) in [5.74, 6) is -1.79. The number of aryl methyl sites for hydroxylation is 1. The molecule has 0 spiro atoms. The summed E-state index contributed by atoms with van der Waals surface area (Å²) >= 11 is 0. The standard InChI is InChI=1S/C15H16FN3O4/c1-8-12(13(17)23-19-8)15(21)22-9(2)14(20)18-7-10-3-5-11(16)6-4-10/h3-6,9H,7,17H2,1-2H3,(H,18,20). The molecule has 0 saturated heterocycles. The van der Waals surface area contributed by atoms with E-state index in [0.29, 0.717) is 0 Å². The molecule has 1 amide bonds. The van der Waals surface area contributed by atoms with Crippen LogP contribution in [0, 0.1) is 12.7 Å². The van der Waals surface area contributed by atoms with Crippen molar-refractivity contribution in [3.8, 4) is 0 Å². The normalized spacial score (nSPS) is 11.8. The van der Waals surface area contributed by atoms with Gasteiger partial charge < -0.3 is 20.3 Å². The van der Waals surface area contributed by atoms with Crippen LogP contribution in [0.15, 0.2) is 28.8 Å². The molecule has 1 atom stereocenters. The number of nitrogens with one attached hydrogen (secondary N) is 1. The van der Waals surface area contributed by atoms with E-state index in [4.69, 9.17) is 10.5 Å². The van der Waals surface area contributed by atoms with Gasteiger partial charge in [0.25, 0.3) is 5.91 Å². The van der Waals surface area contributed by atoms with Crippen LogP contribution in [0.1, 0.15) is 28.5 Å². The lowest BCUT2D eigenvalue weighted by Crippen LogP contribution is -2.35. The monoisotopic (exact) mass is 321 g/mol. The lowest BCUT2D eigenvalue weighted by Gasteiger charge is -2.13. The number of carbonyl (C=O) groups excluding carboxylic acids is 2. The van der Waals surface area contributed by atoms with Gasteiger partial charge in [-0.3, -0.25) is 4.79 Å². The number of hydrogen-bond donors (Lipinski definition) is 2. The number of aromatic nitrogens is 1. The molecule has 3 N–H and O–H groups in total. The molecule has 0 saturated carbocycles. The molecule has 0 aliphatic heterocycles. The molecule has 1 unspecified atom stereocenters. The van der Waals surface area contributed by atoms with Crippen molar-refractivity contribution >= 4 is 17.8 Å². The Morgan fingerprint density at radius 1 is 1.39 bits per heavy atom. The summed E-state index contributed by atoms with van der Waals surface area (Å²) < 4.78 is 22.5. The Hall–Kier alpha value is -2.90. The van der Waals surface area contributed by atoms with Crippen LogP contribution in [-0.4, -0.2) is 23.1 Å². The number of rotatable bonds is 5. The van der Waals surface area contributed by atoms with Crippen molar-refractivity contribution in [2.45, 2.75) is 26.5 Å². The van der Waals surface area contributed by atoms with Crippen LogP contribution >= 0.6 is 0 Å². The molecular weight excluding hydrogens is 305 g/mol. The van der Waals surface area contributed by atoms with E-state index in [9.17, 15) is 14.0 Å². The van der Waals surface area contributed by atoms with Crippen molar-refractivity contribution in [3.05, 3.63) is 46.9 Å². The van der Waals surface area contributed by atoms with Crippen LogP contribution < -0.4 is 11.1 Å². The van der Waals surface area contributed by atoms with Crippen LogP contribution in [0.4, 0.5) is 10.3 Å². The molecule has 7 nitrogen and oxygen atoms in total. The van der Waals surface area contributed by atoms with Crippen LogP contribution in [0.3, 0.4) is 0 Å². The number of anilines is 1. The fourth-order valence-corrected chi connectivity index (χ4v) is 1.84. The van der Waals surface area contributed by atoms with E-state index in [2.05, 4.69) is 15.0 Å². The van der Waals surface area contributed by atoms with Crippen LogP contribution in [-0.2, 0) is 16.1 Å². The molecule has 2 rings (SSSR count). The molecular formula is C15H16FN3O4. The fourth-order valence-electron chi connectivity index (χ4n) is 1.84. The van der Waals surface area contributed by atoms with Crippen molar-refractivity contribution in [2.24, 2.45) is 0 Å². The van der Waals surface area contributed by atoms with E-state index in [-0.39, 0.29) is 29.5 Å². The second-order valence-electron chi connectivity index (χ2n) is 4.90. The first-order chi connectivity index (χ1) is 10.9. The Morgan fingerprint density at radius 3 is 2.61 bits per heavy atom. The van der Waals surface area contributed by atoms with E-state index in [1.54, 1.807) is 12.1 Å². The fraction of sp³-hybridized carbons (Fsp3) is 0.267. The number of nitrogen functional groups attached to an aromatic ring is 1. The van der Waals surface area contributed by atoms with Crippen LogP contribution in [0.25, 0.3) is 0 Å². The molecule has 1 heterocycles. The van der Waals surface area contributed by atoms with Crippen LogP contribution in [0.5, 0.6) is 0 Å². The summed E-state index contributed by atoms with van der Waals surface area (Å²) in [7, 11) is 0. The average Bonchev–Trinajstić information content (AvgIpc) is 2.85. The minimum atomic E-state index is -1.03. The van der Waals surface area contributed by atoms with Crippen molar-refractivity contribution in [3.63, 3.8) is 0 Å². The number of nitrogens with two attached hydrogens (primary N) is 1. The number of nitrogens with zero attached hydrogens (tertiary/aromatic N) is 1. The molecule has 1 aromatic carbocycles. The third-order valence-electron chi connectivity index (χ3n) is 3.13. The predicted molar refractivity (Wildman–Crippen MR) is 78.8 cm³/mol. The molecule has 0 aliphatic carbocycles. The van der Waals surface area contributed by atoms with Gasteiger partial charge in [0.05, 0.1) is 5.69 Å². The van der Waals surface area contributed by atoms with E-state index in [0.717, 1.165) is 5.56 Å². The maximum atomic E-state index is 12.8. The van der Waals surface area contributed by atoms with Gasteiger partial charge in [0.2, 0.25) is 5.88 Å². The topological polar surface area (TPSA) is 107 Å². The number of hydrogen-bond acceptors (Lipinski definition) is 6. The molecule has 1 aromatic heterocycles. The highest BCUT2D eigenvalue weighted by Gasteiger charge is 2.24. The lowest BCUT2D eigenvalue weighted by molar-refractivity contribution is -0.129. The molecule has 8 heteroatoms. The molecule has 2 aromatic rings. The van der Waals surface area contributed by atoms with Crippen molar-refractivity contribution < 1.29 is 23.2 Å². The Morgan fingerprint density at radius 2 is 2.04 bits per heavy atom. The summed E-state index contributed by atoms with van der Waals surface area (Å²) in [6.07, 6.45) is -1.03. The third-order valence-corrected chi connectivity index (χ3v) is 3.13. The SMILES string of the molecule is Cc1noc(N)c1C(=O)OC(C)C(=O)NCc1ccc(F)cc1. The van der Waals surface area contributed by atoms with Gasteiger partial charge in [-0.1, -0.05) is 17.3 Å². The largest absolute Gasteiger partial charge is 0.449 e. The first kappa shape index (κ1) is 16.5. The maximum absolute atomic E-state index is 12.8. The molecule has 0 radical (unpaired) electrons. The zero-order chi connectivity index (χ0) is 17.0. The number of halogens is 1. The van der Waals surface area contributed by atoms with Gasteiger partial charge in [0.15, 0.2) is 6.10 Å². The zero-order valence-electron chi connectivity index (χ0n) is 12.6. The number of ether oxygens (including phenoxy) is 1. The molecule has 0 aliphatic rings. The Bertz CT molecular complexity index is 693. The predicted octanol–water partition coefficient (Wildman–Crippen LogP) is 1.57. The summed E-state index contributed by atoms with van der Waals surface area (Å²) in [4.78, 5) is 23.9. The summed E-state index contributed by atoms with van der Waals surface area (Å²) in [6, 6.07) is 5.69. The van der Waals surface area contributed by atoms with Gasteiger partial charge in [0, 0.05) is 6.54 Å². The van der Waals surface area contributed by atoms with E-state index in [1.807, 2.05) is 0 Å². The number of amides is 1. The average molecular weight is 321 g/mol. The van der Waals surface area contributed by atoms with E-state index in [1.165, 1.54) is 26.0 Å². The van der Waals surface area contributed by atoms with Crippen molar-refractivity contribution in [1.82, 2.24) is 10.5 Å². The maximum Gasteiger partial charge on any atom is 0.346 e. The van der Waals surface area contributed by atoms with Gasteiger partial charge in [-0.25, -0.2) is 9.18 Å². The first-order valence-electron chi connectivity index (χ1n) is 6.83. The Kier molecular flexibility index (Phi) is 4.95. The van der Waals surface area contributed by atoms with Gasteiger partial charge in [-0.15, -0.1) is 0 Å².